The van der Waals surface area contributed by atoms with Gasteiger partial charge in [0.05, 0.1) is 0 Å². The largest absolute Gasteiger partial charge is 0.337 e. The molecule has 2 aromatic rings. The second-order valence-corrected chi connectivity index (χ2v) is 6.30. The van der Waals surface area contributed by atoms with Crippen LogP contribution in [0.25, 0.3) is 10.8 Å². The highest BCUT2D eigenvalue weighted by molar-refractivity contribution is 7.99. The Morgan fingerprint density at radius 1 is 1.48 bits per heavy atom. The van der Waals surface area contributed by atoms with E-state index in [1.54, 1.807) is 4.90 Å². The molecule has 6 heteroatoms. The van der Waals surface area contributed by atoms with Crippen molar-refractivity contribution in [2.45, 2.75) is 12.5 Å². The number of nitrogens with two attached hydrogens (primary N) is 1. The number of anilines is 1. The lowest BCUT2D eigenvalue weighted by Crippen LogP contribution is -2.37. The molecule has 110 valence electrons. The maximum absolute atomic E-state index is 12.6. The third-order valence-corrected chi connectivity index (χ3v) is 5.01. The Balaban J connectivity index is 1.97. The SMILES string of the molecule is CN(C(=O)c1cc2ccccc2c(NN)n1)C1CCSC1. The second kappa shape index (κ2) is 5.91. The predicted octanol–water partition coefficient (Wildman–Crippen LogP) is 2.10. The Morgan fingerprint density at radius 3 is 3.00 bits per heavy atom. The standard InChI is InChI=1S/C15H18N4OS/c1-19(11-6-7-21-9-11)15(20)13-8-10-4-2-3-5-12(10)14(17-13)18-16/h2-5,8,11H,6-7,9,16H2,1H3,(H,17,18). The fraction of sp³-hybridized carbons (Fsp3) is 0.333. The van der Waals surface area contributed by atoms with Crippen molar-refractivity contribution in [3.05, 3.63) is 36.0 Å². The summed E-state index contributed by atoms with van der Waals surface area (Å²) in [4.78, 5) is 18.8. The van der Waals surface area contributed by atoms with Gasteiger partial charge in [0.25, 0.3) is 5.91 Å². The molecule has 5 nitrogen and oxygen atoms in total. The molecular formula is C15H18N4OS. The average molecular weight is 302 g/mol. The third-order valence-electron chi connectivity index (χ3n) is 3.87. The van der Waals surface area contributed by atoms with Gasteiger partial charge in [0.1, 0.15) is 11.5 Å². The molecule has 21 heavy (non-hydrogen) atoms. The van der Waals surface area contributed by atoms with E-state index in [0.717, 1.165) is 28.7 Å². The molecule has 0 spiro atoms. The van der Waals surface area contributed by atoms with E-state index < -0.39 is 0 Å². The summed E-state index contributed by atoms with van der Waals surface area (Å²) in [6.07, 6.45) is 1.04. The number of hydrogen-bond donors (Lipinski definition) is 2. The number of nitrogens with one attached hydrogen (secondary N) is 1. The first kappa shape index (κ1) is 14.2. The number of nitrogens with zero attached hydrogens (tertiary/aromatic N) is 2. The van der Waals surface area contributed by atoms with Crippen LogP contribution in [0.15, 0.2) is 30.3 Å². The van der Waals surface area contributed by atoms with Crippen molar-refractivity contribution in [1.29, 1.82) is 0 Å². The van der Waals surface area contributed by atoms with Gasteiger partial charge < -0.3 is 10.3 Å². The highest BCUT2D eigenvalue weighted by Gasteiger charge is 2.25. The molecule has 1 aromatic heterocycles. The number of nitrogen functional groups attached to an aromatic ring is 1. The Kier molecular flexibility index (Phi) is 3.98. The van der Waals surface area contributed by atoms with Crippen molar-refractivity contribution in [1.82, 2.24) is 9.88 Å². The molecule has 1 saturated heterocycles. The minimum absolute atomic E-state index is 0.0512. The molecule has 3 rings (SSSR count). The molecule has 1 fully saturated rings. The van der Waals surface area contributed by atoms with Crippen LogP contribution in [-0.4, -0.2) is 40.4 Å². The van der Waals surface area contributed by atoms with Gasteiger partial charge >= 0.3 is 0 Å². The van der Waals surface area contributed by atoms with Gasteiger partial charge in [0.15, 0.2) is 0 Å². The highest BCUT2D eigenvalue weighted by atomic mass is 32.2. The summed E-state index contributed by atoms with van der Waals surface area (Å²) < 4.78 is 0. The quantitative estimate of drug-likeness (QED) is 0.671. The number of rotatable bonds is 3. The van der Waals surface area contributed by atoms with Crippen molar-refractivity contribution in [2.75, 3.05) is 24.0 Å². The van der Waals surface area contributed by atoms with Crippen molar-refractivity contribution >= 4 is 34.3 Å². The van der Waals surface area contributed by atoms with Crippen LogP contribution in [0.5, 0.6) is 0 Å². The number of amides is 1. The maximum Gasteiger partial charge on any atom is 0.272 e. The number of fused-ring (bicyclic) bond motifs is 1. The summed E-state index contributed by atoms with van der Waals surface area (Å²) in [7, 11) is 1.85. The topological polar surface area (TPSA) is 71.2 Å². The number of aromatic nitrogens is 1. The van der Waals surface area contributed by atoms with Gasteiger partial charge in [-0.2, -0.15) is 11.8 Å². The molecule has 0 saturated carbocycles. The summed E-state index contributed by atoms with van der Waals surface area (Å²) in [5.74, 6) is 8.14. The van der Waals surface area contributed by atoms with Crippen LogP contribution >= 0.6 is 11.8 Å². The van der Waals surface area contributed by atoms with Crippen LogP contribution in [0.1, 0.15) is 16.9 Å². The zero-order valence-electron chi connectivity index (χ0n) is 11.9. The van der Waals surface area contributed by atoms with Crippen LogP contribution < -0.4 is 11.3 Å². The Bertz CT molecular complexity index is 670. The van der Waals surface area contributed by atoms with E-state index in [4.69, 9.17) is 5.84 Å². The number of hydrazine groups is 1. The number of benzene rings is 1. The molecule has 0 radical (unpaired) electrons. The van der Waals surface area contributed by atoms with Gasteiger partial charge in [0.2, 0.25) is 0 Å². The van der Waals surface area contributed by atoms with E-state index in [1.807, 2.05) is 49.1 Å². The smallest absolute Gasteiger partial charge is 0.272 e. The normalized spacial score (nSPS) is 17.9. The number of carbonyl (C=O) groups is 1. The molecule has 1 atom stereocenters. The van der Waals surface area contributed by atoms with Gasteiger partial charge in [-0.15, -0.1) is 0 Å². The molecule has 1 aliphatic heterocycles. The van der Waals surface area contributed by atoms with E-state index >= 15 is 0 Å². The Hall–Kier alpha value is -1.79. The molecule has 3 N–H and O–H groups in total. The molecule has 1 unspecified atom stereocenters. The monoisotopic (exact) mass is 302 g/mol. The first-order valence-electron chi connectivity index (χ1n) is 6.92. The Morgan fingerprint density at radius 2 is 2.29 bits per heavy atom. The van der Waals surface area contributed by atoms with Gasteiger partial charge in [-0.25, -0.2) is 10.8 Å². The first-order valence-corrected chi connectivity index (χ1v) is 8.07. The predicted molar refractivity (Wildman–Crippen MR) is 87.4 cm³/mol. The van der Waals surface area contributed by atoms with Crippen LogP contribution in [0.3, 0.4) is 0 Å². The zero-order valence-corrected chi connectivity index (χ0v) is 12.7. The van der Waals surface area contributed by atoms with Gasteiger partial charge in [-0.05, 0) is 23.6 Å². The maximum atomic E-state index is 12.6. The summed E-state index contributed by atoms with van der Waals surface area (Å²) in [6, 6.07) is 9.88. The Labute approximate surface area is 127 Å². The van der Waals surface area contributed by atoms with Crippen molar-refractivity contribution in [2.24, 2.45) is 5.84 Å². The summed E-state index contributed by atoms with van der Waals surface area (Å²) in [5, 5.41) is 1.87. The van der Waals surface area contributed by atoms with Crippen LogP contribution in [-0.2, 0) is 0 Å². The first-order chi connectivity index (χ1) is 10.2. The van der Waals surface area contributed by atoms with E-state index in [0.29, 0.717) is 17.6 Å². The molecule has 0 aliphatic carbocycles. The molecule has 1 amide bonds. The summed E-state index contributed by atoms with van der Waals surface area (Å²) in [5.41, 5.74) is 3.02. The van der Waals surface area contributed by atoms with Crippen LogP contribution in [0.2, 0.25) is 0 Å². The minimum Gasteiger partial charge on any atom is -0.337 e. The fourth-order valence-corrected chi connectivity index (χ4v) is 3.86. The zero-order chi connectivity index (χ0) is 14.8. The third kappa shape index (κ3) is 2.69. The summed E-state index contributed by atoms with van der Waals surface area (Å²) >= 11 is 1.89. The molecular weight excluding hydrogens is 284 g/mol. The highest BCUT2D eigenvalue weighted by Crippen LogP contribution is 2.25. The van der Waals surface area contributed by atoms with Gasteiger partial charge in [-0.3, -0.25) is 4.79 Å². The van der Waals surface area contributed by atoms with E-state index in [-0.39, 0.29) is 5.91 Å². The lowest BCUT2D eigenvalue weighted by molar-refractivity contribution is 0.0742. The summed E-state index contributed by atoms with van der Waals surface area (Å²) in [6.45, 7) is 0. The van der Waals surface area contributed by atoms with E-state index in [9.17, 15) is 4.79 Å². The lowest BCUT2D eigenvalue weighted by Gasteiger charge is -2.23. The van der Waals surface area contributed by atoms with Crippen LogP contribution in [0.4, 0.5) is 5.82 Å². The minimum atomic E-state index is -0.0512. The number of hydrogen-bond acceptors (Lipinski definition) is 5. The second-order valence-electron chi connectivity index (χ2n) is 5.16. The number of pyridine rings is 1. The van der Waals surface area contributed by atoms with Crippen molar-refractivity contribution in [3.63, 3.8) is 0 Å². The molecule has 2 heterocycles. The lowest BCUT2D eigenvalue weighted by atomic mass is 10.1. The number of thioether (sulfide) groups is 1. The number of carbonyl (C=O) groups excluding carboxylic acids is 1. The molecule has 1 aromatic carbocycles. The fourth-order valence-electron chi connectivity index (χ4n) is 2.59. The van der Waals surface area contributed by atoms with Gasteiger partial charge in [-0.1, -0.05) is 24.3 Å². The van der Waals surface area contributed by atoms with Gasteiger partial charge in [0, 0.05) is 24.2 Å². The van der Waals surface area contributed by atoms with Crippen molar-refractivity contribution in [3.8, 4) is 0 Å². The molecule has 1 aliphatic rings. The van der Waals surface area contributed by atoms with Crippen molar-refractivity contribution < 1.29 is 4.79 Å². The van der Waals surface area contributed by atoms with E-state index in [1.165, 1.54) is 0 Å². The average Bonchev–Trinajstić information content (AvgIpc) is 3.06. The van der Waals surface area contributed by atoms with Crippen LogP contribution in [0, 0.1) is 0 Å². The molecule has 0 bridgehead atoms. The van der Waals surface area contributed by atoms with E-state index in [2.05, 4.69) is 10.4 Å².